The summed E-state index contributed by atoms with van der Waals surface area (Å²) in [5, 5.41) is 3.41. The van der Waals surface area contributed by atoms with Crippen molar-refractivity contribution in [3.05, 3.63) is 34.9 Å². The molecule has 1 aromatic carbocycles. The van der Waals surface area contributed by atoms with Gasteiger partial charge in [0.25, 0.3) is 0 Å². The number of hydrogen-bond donors (Lipinski definition) is 1. The second-order valence-electron chi connectivity index (χ2n) is 11.2. The zero-order chi connectivity index (χ0) is 25.0. The molecule has 5 atom stereocenters. The molecule has 0 aromatic heterocycles. The summed E-state index contributed by atoms with van der Waals surface area (Å²) in [6.45, 7) is 4.62. The van der Waals surface area contributed by atoms with E-state index in [4.69, 9.17) is 14.2 Å². The zero-order valence-corrected chi connectivity index (χ0v) is 21.5. The van der Waals surface area contributed by atoms with Crippen LogP contribution in [-0.2, 0) is 9.59 Å². The molecule has 1 amide bonds. The van der Waals surface area contributed by atoms with Crippen LogP contribution in [0.25, 0.3) is 6.08 Å². The number of hydrogen-bond acceptors (Lipinski definition) is 5. The number of fused-ring (bicyclic) bond motifs is 5. The first-order chi connectivity index (χ1) is 16.7. The number of methoxy groups -OCH3 is 3. The van der Waals surface area contributed by atoms with Crippen LogP contribution in [-0.4, -0.2) is 38.6 Å². The predicted octanol–water partition coefficient (Wildman–Crippen LogP) is 5.11. The van der Waals surface area contributed by atoms with Gasteiger partial charge in [-0.15, -0.1) is 0 Å². The minimum atomic E-state index is -0.188. The summed E-state index contributed by atoms with van der Waals surface area (Å²) in [6.07, 6.45) is 10.5. The first kappa shape index (κ1) is 24.0. The topological polar surface area (TPSA) is 73.9 Å². The van der Waals surface area contributed by atoms with Crippen LogP contribution in [0.1, 0.15) is 64.4 Å². The Balaban J connectivity index is 1.48. The second kappa shape index (κ2) is 8.72. The summed E-state index contributed by atoms with van der Waals surface area (Å²) >= 11 is 0. The molecule has 1 N–H and O–H groups in total. The molecule has 1 saturated heterocycles. The van der Waals surface area contributed by atoms with Crippen molar-refractivity contribution in [3.8, 4) is 17.2 Å². The third kappa shape index (κ3) is 3.85. The largest absolute Gasteiger partial charge is 0.493 e. The number of carbonyl (C=O) groups is 2. The summed E-state index contributed by atoms with van der Waals surface area (Å²) in [5.41, 5.74) is 2.94. The van der Waals surface area contributed by atoms with E-state index in [1.807, 2.05) is 24.3 Å². The van der Waals surface area contributed by atoms with E-state index in [0.29, 0.717) is 41.4 Å². The Hall–Kier alpha value is -2.76. The Morgan fingerprint density at radius 1 is 0.943 bits per heavy atom. The van der Waals surface area contributed by atoms with Crippen molar-refractivity contribution >= 4 is 17.8 Å². The Labute approximate surface area is 208 Å². The minimum Gasteiger partial charge on any atom is -0.493 e. The number of ether oxygens (including phenoxy) is 3. The first-order valence-electron chi connectivity index (χ1n) is 12.8. The molecular formula is C29H37NO5. The summed E-state index contributed by atoms with van der Waals surface area (Å²) in [7, 11) is 4.78. The third-order valence-corrected chi connectivity index (χ3v) is 9.51. The molecule has 0 unspecified atom stereocenters. The highest BCUT2D eigenvalue weighted by atomic mass is 16.5. The van der Waals surface area contributed by atoms with E-state index >= 15 is 0 Å². The van der Waals surface area contributed by atoms with Crippen molar-refractivity contribution in [1.29, 1.82) is 0 Å². The Bertz CT molecular complexity index is 1100. The van der Waals surface area contributed by atoms with Gasteiger partial charge in [0, 0.05) is 17.5 Å². The predicted molar refractivity (Wildman–Crippen MR) is 135 cm³/mol. The zero-order valence-electron chi connectivity index (χ0n) is 21.5. The maximum absolute atomic E-state index is 13.3. The fourth-order valence-electron chi connectivity index (χ4n) is 7.59. The Kier molecular flexibility index (Phi) is 5.97. The highest BCUT2D eigenvalue weighted by Gasteiger charge is 2.57. The summed E-state index contributed by atoms with van der Waals surface area (Å²) in [5.74, 6) is 3.46. The number of carbonyl (C=O) groups excluding carboxylic acids is 2. The van der Waals surface area contributed by atoms with Crippen molar-refractivity contribution in [2.24, 2.45) is 23.2 Å². The molecule has 3 aliphatic carbocycles. The summed E-state index contributed by atoms with van der Waals surface area (Å²) in [6, 6.07) is 3.77. The van der Waals surface area contributed by atoms with E-state index in [1.54, 1.807) is 21.3 Å². The summed E-state index contributed by atoms with van der Waals surface area (Å²) < 4.78 is 16.5. The molecule has 5 rings (SSSR count). The fourth-order valence-corrected chi connectivity index (χ4v) is 7.59. The number of piperidine rings is 1. The van der Waals surface area contributed by atoms with Crippen LogP contribution in [0, 0.1) is 23.2 Å². The smallest absolute Gasteiger partial charge is 0.247 e. The number of benzene rings is 1. The maximum atomic E-state index is 13.3. The molecule has 0 radical (unpaired) electrons. The van der Waals surface area contributed by atoms with Gasteiger partial charge < -0.3 is 19.5 Å². The van der Waals surface area contributed by atoms with Crippen LogP contribution in [0.3, 0.4) is 0 Å². The molecule has 2 saturated carbocycles. The fraction of sp³-hybridized carbons (Fsp3) is 0.586. The van der Waals surface area contributed by atoms with Crippen LogP contribution in [0.4, 0.5) is 0 Å². The highest BCUT2D eigenvalue weighted by molar-refractivity contribution is 5.99. The van der Waals surface area contributed by atoms with Gasteiger partial charge in [0.05, 0.1) is 21.3 Å². The van der Waals surface area contributed by atoms with Gasteiger partial charge in [-0.25, -0.2) is 0 Å². The second-order valence-corrected chi connectivity index (χ2v) is 11.2. The monoisotopic (exact) mass is 479 g/mol. The van der Waals surface area contributed by atoms with Crippen LogP contribution in [0.15, 0.2) is 29.4 Å². The molecule has 1 aliphatic heterocycles. The third-order valence-electron chi connectivity index (χ3n) is 9.51. The average Bonchev–Trinajstić information content (AvgIpc) is 2.84. The van der Waals surface area contributed by atoms with E-state index in [1.165, 1.54) is 5.57 Å². The molecule has 1 aromatic rings. The molecule has 3 fully saturated rings. The van der Waals surface area contributed by atoms with Gasteiger partial charge >= 0.3 is 0 Å². The van der Waals surface area contributed by atoms with Gasteiger partial charge in [0.15, 0.2) is 17.3 Å². The lowest BCUT2D eigenvalue weighted by Crippen LogP contribution is -2.63. The van der Waals surface area contributed by atoms with E-state index in [9.17, 15) is 9.59 Å². The van der Waals surface area contributed by atoms with Crippen molar-refractivity contribution in [2.45, 2.75) is 64.3 Å². The van der Waals surface area contributed by atoms with Crippen LogP contribution in [0.5, 0.6) is 17.2 Å². The minimum absolute atomic E-state index is 0.0156. The van der Waals surface area contributed by atoms with Crippen LogP contribution < -0.4 is 19.5 Å². The highest BCUT2D eigenvalue weighted by Crippen LogP contribution is 2.61. The van der Waals surface area contributed by atoms with Crippen molar-refractivity contribution in [2.75, 3.05) is 21.3 Å². The molecule has 188 valence electrons. The number of allylic oxidation sites excluding steroid dienone is 2. The quantitative estimate of drug-likeness (QED) is 0.608. The lowest BCUT2D eigenvalue weighted by Gasteiger charge is -2.60. The number of ketones is 1. The average molecular weight is 480 g/mol. The lowest BCUT2D eigenvalue weighted by atomic mass is 9.47. The van der Waals surface area contributed by atoms with E-state index < -0.39 is 0 Å². The van der Waals surface area contributed by atoms with Crippen LogP contribution in [0.2, 0.25) is 0 Å². The van der Waals surface area contributed by atoms with E-state index in [2.05, 4.69) is 19.2 Å². The van der Waals surface area contributed by atoms with Crippen molar-refractivity contribution in [3.63, 3.8) is 0 Å². The van der Waals surface area contributed by atoms with Crippen LogP contribution >= 0.6 is 0 Å². The molecule has 0 bridgehead atoms. The van der Waals surface area contributed by atoms with Gasteiger partial charge in [0.1, 0.15) is 0 Å². The van der Waals surface area contributed by atoms with Gasteiger partial charge in [-0.1, -0.05) is 12.5 Å². The Morgan fingerprint density at radius 2 is 1.66 bits per heavy atom. The molecule has 4 aliphatic rings. The van der Waals surface area contributed by atoms with Crippen molar-refractivity contribution in [1.82, 2.24) is 5.32 Å². The maximum Gasteiger partial charge on any atom is 0.247 e. The molecule has 1 heterocycles. The van der Waals surface area contributed by atoms with E-state index in [-0.39, 0.29) is 22.6 Å². The number of amides is 1. The standard InChI is InChI=1S/C29H37NO5/c1-28-10-8-20(31)16-19(28)6-7-21-22(28)9-11-29(2)23(21)15-18(27(32)30-29)12-17-13-24(33-3)26(35-5)25(14-17)34-4/h12-14,16,21-23H,6-11,15H2,1-5H3,(H,30,32)/t21-,22+,23+,28+,29+/m1/s1. The van der Waals surface area contributed by atoms with Gasteiger partial charge in [-0.2, -0.15) is 0 Å². The summed E-state index contributed by atoms with van der Waals surface area (Å²) in [4.78, 5) is 25.4. The van der Waals surface area contributed by atoms with E-state index in [0.717, 1.165) is 49.7 Å². The normalized spacial score (nSPS) is 35.3. The molecule has 6 nitrogen and oxygen atoms in total. The molecule has 0 spiro atoms. The lowest BCUT2D eigenvalue weighted by molar-refractivity contribution is -0.127. The SMILES string of the molecule is COc1cc(C=C2C[C@H]3[C@@H]4CCC5=CC(=O)CC[C@]5(C)[C@H]4CC[C@]3(C)NC2=O)cc(OC)c1OC. The first-order valence-corrected chi connectivity index (χ1v) is 12.8. The molecule has 35 heavy (non-hydrogen) atoms. The molecule has 6 heteroatoms. The van der Waals surface area contributed by atoms with Gasteiger partial charge in [0.2, 0.25) is 11.7 Å². The molecular weight excluding hydrogens is 442 g/mol. The van der Waals surface area contributed by atoms with Crippen molar-refractivity contribution < 1.29 is 23.8 Å². The number of nitrogens with one attached hydrogen (secondary N) is 1. The Morgan fingerprint density at radius 3 is 2.31 bits per heavy atom. The van der Waals surface area contributed by atoms with Gasteiger partial charge in [-0.3, -0.25) is 9.59 Å². The van der Waals surface area contributed by atoms with Gasteiger partial charge in [-0.05, 0) is 98.5 Å². The number of rotatable bonds is 4.